The van der Waals surface area contributed by atoms with Gasteiger partial charge in [0, 0.05) is 6.20 Å². The first-order chi connectivity index (χ1) is 23.0. The molecule has 6 rings (SSSR count). The van der Waals surface area contributed by atoms with Crippen LogP contribution in [0.15, 0.2) is 140 Å². The number of nitrogens with zero attached hydrogens (tertiary/aromatic N) is 2. The van der Waals surface area contributed by atoms with Gasteiger partial charge >= 0.3 is 35.5 Å². The number of rotatable bonds is 10. The maximum atomic E-state index is 12.6. The number of benzene rings is 5. The fourth-order valence-corrected chi connectivity index (χ4v) is 6.38. The van der Waals surface area contributed by atoms with E-state index in [1.165, 1.54) is 0 Å². The summed E-state index contributed by atoms with van der Waals surface area (Å²) in [5.74, 6) is 0.0729. The molecule has 1 N–H and O–H groups in total. The summed E-state index contributed by atoms with van der Waals surface area (Å²) in [5, 5.41) is 14.5. The van der Waals surface area contributed by atoms with Gasteiger partial charge in [-0.25, -0.2) is 4.98 Å². The predicted octanol–water partition coefficient (Wildman–Crippen LogP) is 8.05. The zero-order chi connectivity index (χ0) is 33.9. The molecule has 5 aromatic carbocycles. The van der Waals surface area contributed by atoms with E-state index in [1.807, 2.05) is 81.0 Å². The normalized spacial score (nSPS) is 13.0. The number of aromatic nitrogens is 2. The Morgan fingerprint density at radius 1 is 0.735 bits per heavy atom. The molecule has 0 aliphatic rings. The van der Waals surface area contributed by atoms with E-state index in [0.29, 0.717) is 11.4 Å². The van der Waals surface area contributed by atoms with Crippen LogP contribution in [0.4, 0.5) is 0 Å². The van der Waals surface area contributed by atoms with Crippen LogP contribution in [0.25, 0.3) is 10.8 Å². The number of esters is 1. The fraction of sp³-hybridized carbons (Fsp3) is 0.238. The van der Waals surface area contributed by atoms with Gasteiger partial charge in [0.05, 0.1) is 17.4 Å². The number of imidazole rings is 1. The summed E-state index contributed by atoms with van der Waals surface area (Å²) >= 11 is 0. The molecule has 0 amide bonds. The summed E-state index contributed by atoms with van der Waals surface area (Å²) in [6, 6.07) is 42.9. The molecule has 49 heavy (non-hydrogen) atoms. The van der Waals surface area contributed by atoms with E-state index in [2.05, 4.69) is 77.4 Å². The van der Waals surface area contributed by atoms with Crippen LogP contribution in [-0.4, -0.2) is 57.0 Å². The molecular weight excluding hydrogens is 619 g/mol. The Kier molecular flexibility index (Phi) is 10.9. The summed E-state index contributed by atoms with van der Waals surface area (Å²) in [6.07, 6.45) is 3.83. The van der Waals surface area contributed by atoms with Crippen LogP contribution in [0.3, 0.4) is 0 Å². The number of carbonyl (C=O) groups excluding carboxylic acids is 1. The molecular formula is C42H43N2NaO4. The van der Waals surface area contributed by atoms with Crippen molar-refractivity contribution in [2.75, 3.05) is 6.79 Å². The number of hydrogen-bond acceptors (Lipinski definition) is 5. The van der Waals surface area contributed by atoms with Gasteiger partial charge in [-0.15, -0.1) is 0 Å². The molecule has 0 fully saturated rings. The number of hydrogen-bond donors (Lipinski definition) is 1. The molecule has 0 aliphatic carbocycles. The average Bonchev–Trinajstić information content (AvgIpc) is 3.60. The van der Waals surface area contributed by atoms with Crippen LogP contribution in [0, 0.1) is 11.3 Å². The third-order valence-corrected chi connectivity index (χ3v) is 9.05. The average molecular weight is 663 g/mol. The van der Waals surface area contributed by atoms with Crippen molar-refractivity contribution in [3.63, 3.8) is 0 Å². The minimum absolute atomic E-state index is 0. The summed E-state index contributed by atoms with van der Waals surface area (Å²) in [4.78, 5) is 17.1. The van der Waals surface area contributed by atoms with E-state index in [-0.39, 0.29) is 48.2 Å². The van der Waals surface area contributed by atoms with Crippen LogP contribution in [0.5, 0.6) is 5.75 Å². The van der Waals surface area contributed by atoms with Crippen molar-refractivity contribution in [3.8, 4) is 5.75 Å². The minimum atomic E-state index is -1.38. The van der Waals surface area contributed by atoms with E-state index >= 15 is 0 Å². The van der Waals surface area contributed by atoms with Gasteiger partial charge in [0.15, 0.2) is 0 Å². The molecule has 6 aromatic rings. The Hall–Kier alpha value is -4.20. The van der Waals surface area contributed by atoms with Gasteiger partial charge in [0.25, 0.3) is 0 Å². The second-order valence-corrected chi connectivity index (χ2v) is 13.6. The quantitative estimate of drug-likeness (QED) is 0.0696. The Morgan fingerprint density at radius 2 is 1.24 bits per heavy atom. The van der Waals surface area contributed by atoms with Gasteiger partial charge in [-0.3, -0.25) is 4.79 Å². The van der Waals surface area contributed by atoms with Crippen molar-refractivity contribution in [1.29, 1.82) is 0 Å². The van der Waals surface area contributed by atoms with Crippen molar-refractivity contribution in [2.24, 2.45) is 11.3 Å². The van der Waals surface area contributed by atoms with Crippen molar-refractivity contribution in [1.82, 2.24) is 9.55 Å². The van der Waals surface area contributed by atoms with Crippen molar-refractivity contribution >= 4 is 46.3 Å². The van der Waals surface area contributed by atoms with Gasteiger partial charge in [0.2, 0.25) is 6.79 Å². The van der Waals surface area contributed by atoms with Crippen LogP contribution >= 0.6 is 0 Å². The van der Waals surface area contributed by atoms with Crippen LogP contribution in [0.1, 0.15) is 62.6 Å². The SMILES string of the molecule is CC(C)C(O)(c1ccc2cc(OCOC(=O)C(C)(C)C)ccc2c1)c1cn(C(c2ccccc2)(c2ccccc2)c2ccccc2)cn1.[NaH]. The third-order valence-electron chi connectivity index (χ3n) is 9.05. The fourth-order valence-electron chi connectivity index (χ4n) is 6.38. The molecule has 0 bridgehead atoms. The molecule has 1 unspecified atom stereocenters. The Labute approximate surface area is 311 Å². The molecule has 0 spiro atoms. The van der Waals surface area contributed by atoms with E-state index in [0.717, 1.165) is 33.0 Å². The molecule has 0 saturated heterocycles. The molecule has 1 aromatic heterocycles. The van der Waals surface area contributed by atoms with Crippen molar-refractivity contribution < 1.29 is 19.4 Å². The van der Waals surface area contributed by atoms with E-state index in [1.54, 1.807) is 20.8 Å². The second kappa shape index (κ2) is 14.7. The number of carbonyl (C=O) groups is 1. The van der Waals surface area contributed by atoms with Crippen LogP contribution in [0.2, 0.25) is 0 Å². The van der Waals surface area contributed by atoms with Gasteiger partial charge in [-0.05, 0) is 77.9 Å². The zero-order valence-corrected chi connectivity index (χ0v) is 28.1. The first-order valence-corrected chi connectivity index (χ1v) is 16.3. The number of aliphatic hydroxyl groups is 1. The monoisotopic (exact) mass is 662 g/mol. The summed E-state index contributed by atoms with van der Waals surface area (Å²) < 4.78 is 13.1. The van der Waals surface area contributed by atoms with Gasteiger partial charge in [-0.2, -0.15) is 0 Å². The Balaban J connectivity index is 0.00000468. The van der Waals surface area contributed by atoms with Crippen LogP contribution < -0.4 is 4.74 Å². The van der Waals surface area contributed by atoms with Gasteiger partial charge in [0.1, 0.15) is 16.9 Å². The first kappa shape index (κ1) is 36.1. The molecule has 1 heterocycles. The molecule has 0 saturated carbocycles. The molecule has 6 nitrogen and oxygen atoms in total. The molecule has 7 heteroatoms. The molecule has 0 radical (unpaired) electrons. The summed E-state index contributed by atoms with van der Waals surface area (Å²) in [5.41, 5.74) is 1.82. The second-order valence-electron chi connectivity index (χ2n) is 13.6. The van der Waals surface area contributed by atoms with Gasteiger partial charge in [-0.1, -0.05) is 123 Å². The van der Waals surface area contributed by atoms with Crippen molar-refractivity contribution in [2.45, 2.75) is 45.8 Å². The van der Waals surface area contributed by atoms with E-state index in [4.69, 9.17) is 14.5 Å². The maximum absolute atomic E-state index is 12.6. The molecule has 246 valence electrons. The zero-order valence-electron chi connectivity index (χ0n) is 28.1. The Morgan fingerprint density at radius 3 is 1.76 bits per heavy atom. The number of ether oxygens (including phenoxy) is 2. The summed E-state index contributed by atoms with van der Waals surface area (Å²) in [6.45, 7) is 9.27. The third kappa shape index (κ3) is 6.97. The number of fused-ring (bicyclic) bond motifs is 1. The predicted molar refractivity (Wildman–Crippen MR) is 197 cm³/mol. The topological polar surface area (TPSA) is 73.6 Å². The van der Waals surface area contributed by atoms with Crippen molar-refractivity contribution in [3.05, 3.63) is 168 Å². The Bertz CT molecular complexity index is 1910. The first-order valence-electron chi connectivity index (χ1n) is 16.3. The van der Waals surface area contributed by atoms with Gasteiger partial charge < -0.3 is 19.1 Å². The summed E-state index contributed by atoms with van der Waals surface area (Å²) in [7, 11) is 0. The van der Waals surface area contributed by atoms with E-state index in [9.17, 15) is 9.90 Å². The molecule has 1 atom stereocenters. The van der Waals surface area contributed by atoms with E-state index < -0.39 is 16.6 Å². The molecule has 0 aliphatic heterocycles. The van der Waals surface area contributed by atoms with Crippen LogP contribution in [-0.2, 0) is 20.7 Å². The standard InChI is InChI=1S/C42H42N2O4.Na.H/c1-30(2)42(46,36-23-21-32-26-37(24-22-31(32)25-36)47-29-48-39(45)40(3,4)5)38-27-44(28-43-38)41(33-15-9-6-10-16-33,34-17-11-7-12-18-34)35-19-13-8-14-20-35;;/h6-28,30,46H,29H2,1-5H3;;.